The highest BCUT2D eigenvalue weighted by atomic mass is 28.3. The minimum atomic E-state index is -1.40. The van der Waals surface area contributed by atoms with E-state index in [1.807, 2.05) is 13.0 Å². The van der Waals surface area contributed by atoms with Crippen molar-refractivity contribution in [2.45, 2.75) is 33.0 Å². The van der Waals surface area contributed by atoms with Crippen molar-refractivity contribution < 1.29 is 14.6 Å². The smallest absolute Gasteiger partial charge is 0.354 e. The van der Waals surface area contributed by atoms with Crippen LogP contribution in [0.25, 0.3) is 0 Å². The average molecular weight is 289 g/mol. The molecule has 0 radical (unpaired) electrons. The van der Waals surface area contributed by atoms with Crippen LogP contribution in [0.5, 0.6) is 5.75 Å². The number of rotatable bonds is 3. The average Bonchev–Trinajstić information content (AvgIpc) is 2.79. The molecule has 5 heteroatoms. The highest BCUT2D eigenvalue weighted by Crippen LogP contribution is 2.21. The lowest BCUT2D eigenvalue weighted by Crippen LogP contribution is -2.37. The van der Waals surface area contributed by atoms with Crippen LogP contribution in [-0.2, 0) is 4.79 Å². The Bertz CT molecular complexity index is 612. The first-order valence-corrected chi connectivity index (χ1v) is 10.1. The third kappa shape index (κ3) is 3.16. The molecule has 1 aliphatic rings. The number of hydrogen-bond donors (Lipinski definition) is 1. The third-order valence-electron chi connectivity index (χ3n) is 3.22. The Labute approximate surface area is 119 Å². The molecular formula is C15H19NO3Si. The monoisotopic (exact) mass is 289 g/mol. The summed E-state index contributed by atoms with van der Waals surface area (Å²) in [5.74, 6) is 0.193. The maximum Gasteiger partial charge on any atom is 0.354 e. The summed E-state index contributed by atoms with van der Waals surface area (Å²) in [6, 6.07) is 6.25. The molecule has 4 nitrogen and oxygen atoms in total. The van der Waals surface area contributed by atoms with Crippen molar-refractivity contribution in [2.24, 2.45) is 4.99 Å². The highest BCUT2D eigenvalue weighted by molar-refractivity contribution is 6.88. The van der Waals surface area contributed by atoms with Gasteiger partial charge in [0.1, 0.15) is 11.4 Å². The number of hydrogen-bond acceptors (Lipinski definition) is 3. The number of nitrogens with zero attached hydrogens (tertiary/aromatic N) is 1. The number of carboxylic acid groups (broad SMARTS) is 1. The zero-order valence-corrected chi connectivity index (χ0v) is 13.2. The van der Waals surface area contributed by atoms with Gasteiger partial charge in [-0.05, 0) is 24.6 Å². The van der Waals surface area contributed by atoms with E-state index < -0.39 is 14.0 Å². The van der Waals surface area contributed by atoms with Gasteiger partial charge < -0.3 is 9.84 Å². The fourth-order valence-corrected chi connectivity index (χ4v) is 3.06. The quantitative estimate of drug-likeness (QED) is 0.870. The van der Waals surface area contributed by atoms with Gasteiger partial charge in [0.2, 0.25) is 0 Å². The second kappa shape index (κ2) is 5.24. The van der Waals surface area contributed by atoms with E-state index in [-0.39, 0.29) is 5.70 Å². The molecule has 0 saturated carbocycles. The first kappa shape index (κ1) is 14.5. The maximum absolute atomic E-state index is 10.8. The normalized spacial score (nSPS) is 14.8. The van der Waals surface area contributed by atoms with Crippen LogP contribution in [0.3, 0.4) is 0 Å². The van der Waals surface area contributed by atoms with Crippen molar-refractivity contribution in [3.8, 4) is 5.75 Å². The predicted octanol–water partition coefficient (Wildman–Crippen LogP) is 2.69. The second-order valence-electron chi connectivity index (χ2n) is 5.94. The van der Waals surface area contributed by atoms with Crippen LogP contribution in [0.4, 0.5) is 0 Å². The van der Waals surface area contributed by atoms with Crippen LogP contribution < -0.4 is 9.92 Å². The van der Waals surface area contributed by atoms with Gasteiger partial charge in [-0.1, -0.05) is 37.0 Å². The summed E-state index contributed by atoms with van der Waals surface area (Å²) >= 11 is 0. The van der Waals surface area contributed by atoms with Crippen LogP contribution in [0.1, 0.15) is 12.0 Å². The molecule has 0 unspecified atom stereocenters. The molecule has 1 aliphatic heterocycles. The molecule has 0 amide bonds. The van der Waals surface area contributed by atoms with E-state index >= 15 is 0 Å². The Morgan fingerprint density at radius 3 is 2.60 bits per heavy atom. The molecule has 0 bridgehead atoms. The van der Waals surface area contributed by atoms with Gasteiger partial charge in [0, 0.05) is 6.42 Å². The maximum atomic E-state index is 10.8. The summed E-state index contributed by atoms with van der Waals surface area (Å²) < 4.78 is 5.78. The van der Waals surface area contributed by atoms with Crippen molar-refractivity contribution in [3.63, 3.8) is 0 Å². The van der Waals surface area contributed by atoms with Gasteiger partial charge in [-0.2, -0.15) is 0 Å². The van der Waals surface area contributed by atoms with Crippen LogP contribution >= 0.6 is 0 Å². The molecule has 0 aromatic heterocycles. The Kier molecular flexibility index (Phi) is 3.81. The van der Waals surface area contributed by atoms with Crippen molar-refractivity contribution in [2.75, 3.05) is 0 Å². The van der Waals surface area contributed by atoms with Gasteiger partial charge in [-0.25, -0.2) is 9.79 Å². The van der Waals surface area contributed by atoms with Crippen LogP contribution in [-0.4, -0.2) is 25.0 Å². The van der Waals surface area contributed by atoms with Gasteiger partial charge in [-0.3, -0.25) is 0 Å². The SMILES string of the molecule is Cc1ccc([Si](C)(C)C)cc1OC1=NC(C(=O)O)=CC1. The Morgan fingerprint density at radius 1 is 1.35 bits per heavy atom. The Balaban J connectivity index is 2.23. The Morgan fingerprint density at radius 2 is 2.05 bits per heavy atom. The zero-order valence-electron chi connectivity index (χ0n) is 12.2. The van der Waals surface area contributed by atoms with E-state index in [0.717, 1.165) is 11.3 Å². The third-order valence-corrected chi connectivity index (χ3v) is 5.26. The number of aliphatic imine (C=N–C) groups is 1. The van der Waals surface area contributed by atoms with Gasteiger partial charge >= 0.3 is 5.97 Å². The van der Waals surface area contributed by atoms with E-state index in [0.29, 0.717) is 12.3 Å². The summed E-state index contributed by atoms with van der Waals surface area (Å²) in [7, 11) is -1.40. The van der Waals surface area contributed by atoms with Crippen molar-refractivity contribution >= 4 is 25.1 Å². The van der Waals surface area contributed by atoms with Crippen LogP contribution in [0.2, 0.25) is 19.6 Å². The van der Waals surface area contributed by atoms with Crippen LogP contribution in [0.15, 0.2) is 35.0 Å². The molecule has 1 aromatic rings. The first-order chi connectivity index (χ1) is 9.27. The molecular weight excluding hydrogens is 270 g/mol. The summed E-state index contributed by atoms with van der Waals surface area (Å²) in [6.07, 6.45) is 1.99. The lowest BCUT2D eigenvalue weighted by Gasteiger charge is -2.18. The van der Waals surface area contributed by atoms with Gasteiger partial charge in [0.15, 0.2) is 5.90 Å². The van der Waals surface area contributed by atoms with Gasteiger partial charge in [-0.15, -0.1) is 0 Å². The standard InChI is InChI=1S/C15H19NO3Si/c1-10-5-6-11(20(2,3)4)9-13(10)19-14-8-7-12(16-14)15(17)18/h5-7,9H,8H2,1-4H3,(H,17,18). The molecule has 2 rings (SSSR count). The molecule has 106 valence electrons. The van der Waals surface area contributed by atoms with E-state index in [2.05, 4.69) is 36.8 Å². The lowest BCUT2D eigenvalue weighted by atomic mass is 10.2. The van der Waals surface area contributed by atoms with E-state index in [4.69, 9.17) is 9.84 Å². The molecule has 0 spiro atoms. The Hall–Kier alpha value is -1.88. The summed E-state index contributed by atoms with van der Waals surface area (Å²) in [5.41, 5.74) is 1.08. The second-order valence-corrected chi connectivity index (χ2v) is 11.0. The van der Waals surface area contributed by atoms with Crippen molar-refractivity contribution in [3.05, 3.63) is 35.5 Å². The summed E-state index contributed by atoms with van der Waals surface area (Å²) in [5, 5.41) is 10.2. The molecule has 1 N–H and O–H groups in total. The van der Waals surface area contributed by atoms with E-state index in [1.165, 1.54) is 5.19 Å². The molecule has 0 fully saturated rings. The molecule has 0 saturated heterocycles. The minimum Gasteiger partial charge on any atom is -0.477 e. The predicted molar refractivity (Wildman–Crippen MR) is 82.6 cm³/mol. The minimum absolute atomic E-state index is 0.0546. The fraction of sp³-hybridized carbons (Fsp3) is 0.333. The fourth-order valence-electron chi connectivity index (χ4n) is 1.91. The lowest BCUT2D eigenvalue weighted by molar-refractivity contribution is -0.132. The van der Waals surface area contributed by atoms with Crippen LogP contribution in [0, 0.1) is 6.92 Å². The largest absolute Gasteiger partial charge is 0.477 e. The van der Waals surface area contributed by atoms with Gasteiger partial charge in [0.05, 0.1) is 8.07 Å². The summed E-state index contributed by atoms with van der Waals surface area (Å²) in [6.45, 7) is 8.81. The van der Waals surface area contributed by atoms with Gasteiger partial charge in [0.25, 0.3) is 0 Å². The van der Waals surface area contributed by atoms with E-state index in [9.17, 15) is 4.79 Å². The number of benzene rings is 1. The number of aliphatic carboxylic acids is 1. The topological polar surface area (TPSA) is 58.9 Å². The molecule has 1 aromatic carbocycles. The molecule has 0 atom stereocenters. The summed E-state index contributed by atoms with van der Waals surface area (Å²) in [4.78, 5) is 14.8. The van der Waals surface area contributed by atoms with Crippen molar-refractivity contribution in [1.29, 1.82) is 0 Å². The molecule has 0 aliphatic carbocycles. The highest BCUT2D eigenvalue weighted by Gasteiger charge is 2.20. The first-order valence-electron chi connectivity index (χ1n) is 6.57. The number of aryl methyl sites for hydroxylation is 1. The van der Waals surface area contributed by atoms with E-state index in [1.54, 1.807) is 6.08 Å². The van der Waals surface area contributed by atoms with Crippen molar-refractivity contribution in [1.82, 2.24) is 0 Å². The zero-order chi connectivity index (χ0) is 14.9. The molecule has 1 heterocycles. The number of ether oxygens (including phenoxy) is 1. The number of carboxylic acids is 1. The molecule has 20 heavy (non-hydrogen) atoms. The number of carbonyl (C=O) groups is 1.